The second-order valence-electron chi connectivity index (χ2n) is 10.5. The molecule has 2 heterocycles. The van der Waals surface area contributed by atoms with Gasteiger partial charge in [-0.1, -0.05) is 73.2 Å². The molecule has 6 rings (SSSR count). The molecular formula is C32H33N3O2. The van der Waals surface area contributed by atoms with Gasteiger partial charge >= 0.3 is 5.97 Å². The third-order valence-corrected chi connectivity index (χ3v) is 8.35. The Kier molecular flexibility index (Phi) is 6.17. The molecule has 3 aromatic carbocycles. The van der Waals surface area contributed by atoms with Crippen molar-refractivity contribution in [1.29, 1.82) is 0 Å². The van der Waals surface area contributed by atoms with Crippen molar-refractivity contribution in [3.8, 4) is 11.1 Å². The van der Waals surface area contributed by atoms with E-state index in [-0.39, 0.29) is 0 Å². The van der Waals surface area contributed by atoms with Gasteiger partial charge in [-0.15, -0.1) is 0 Å². The van der Waals surface area contributed by atoms with Gasteiger partial charge < -0.3 is 10.0 Å². The van der Waals surface area contributed by atoms with Crippen LogP contribution >= 0.6 is 0 Å². The molecule has 0 radical (unpaired) electrons. The molecule has 0 spiro atoms. The number of aromatic nitrogens is 1. The van der Waals surface area contributed by atoms with Crippen molar-refractivity contribution in [2.45, 2.75) is 37.6 Å². The fourth-order valence-corrected chi connectivity index (χ4v) is 6.40. The van der Waals surface area contributed by atoms with Crippen LogP contribution in [0.5, 0.6) is 0 Å². The van der Waals surface area contributed by atoms with E-state index >= 15 is 0 Å². The number of hydrogen-bond acceptors (Lipinski definition) is 4. The van der Waals surface area contributed by atoms with Gasteiger partial charge in [-0.05, 0) is 66.8 Å². The van der Waals surface area contributed by atoms with Crippen LogP contribution in [-0.4, -0.2) is 53.2 Å². The Hall–Kier alpha value is -3.70. The molecule has 0 unspecified atom stereocenters. The van der Waals surface area contributed by atoms with Crippen molar-refractivity contribution in [3.05, 3.63) is 96.1 Å². The number of benzene rings is 3. The summed E-state index contributed by atoms with van der Waals surface area (Å²) < 4.78 is 0. The number of carboxylic acids is 1. The summed E-state index contributed by atoms with van der Waals surface area (Å²) in [5.41, 5.74) is 4.08. The largest absolute Gasteiger partial charge is 0.480 e. The maximum absolute atomic E-state index is 12.8. The van der Waals surface area contributed by atoms with Crippen molar-refractivity contribution < 1.29 is 9.90 Å². The first-order valence-electron chi connectivity index (χ1n) is 13.4. The average molecular weight is 492 g/mol. The van der Waals surface area contributed by atoms with Crippen molar-refractivity contribution in [2.24, 2.45) is 0 Å². The number of fused-ring (bicyclic) bond motifs is 4. The number of para-hydroxylation sites is 1. The average Bonchev–Trinajstić information content (AvgIpc) is 3.22. The number of anilines is 1. The first-order chi connectivity index (χ1) is 18.1. The minimum atomic E-state index is -0.959. The summed E-state index contributed by atoms with van der Waals surface area (Å²) in [6.07, 6.45) is 2.47. The number of nitrogens with zero attached hydrogens (tertiary/aromatic N) is 3. The summed E-state index contributed by atoms with van der Waals surface area (Å²) in [5.74, 6) is 0.307. The highest BCUT2D eigenvalue weighted by atomic mass is 16.4. The Bertz CT molecular complexity index is 1400. The highest BCUT2D eigenvalue weighted by molar-refractivity contribution is 5.97. The Morgan fingerprint density at radius 2 is 1.57 bits per heavy atom. The van der Waals surface area contributed by atoms with Gasteiger partial charge in [0.25, 0.3) is 0 Å². The molecule has 1 N–H and O–H groups in total. The predicted molar refractivity (Wildman–Crippen MR) is 149 cm³/mol. The van der Waals surface area contributed by atoms with Gasteiger partial charge in [0.05, 0.1) is 5.52 Å². The summed E-state index contributed by atoms with van der Waals surface area (Å²) in [6.45, 7) is 6.17. The second kappa shape index (κ2) is 9.64. The second-order valence-corrected chi connectivity index (χ2v) is 10.5. The van der Waals surface area contributed by atoms with Gasteiger partial charge in [-0.2, -0.15) is 0 Å². The lowest BCUT2D eigenvalue weighted by Gasteiger charge is -2.40. The van der Waals surface area contributed by atoms with Crippen LogP contribution in [0.4, 0.5) is 5.82 Å². The third-order valence-electron chi connectivity index (χ3n) is 8.35. The molecule has 37 heavy (non-hydrogen) atoms. The molecule has 0 amide bonds. The van der Waals surface area contributed by atoms with E-state index in [4.69, 9.17) is 4.98 Å². The minimum absolute atomic E-state index is 0.420. The molecule has 5 nitrogen and oxygen atoms in total. The molecule has 1 saturated heterocycles. The minimum Gasteiger partial charge on any atom is -0.480 e. The van der Waals surface area contributed by atoms with E-state index in [0.717, 1.165) is 72.6 Å². The van der Waals surface area contributed by atoms with E-state index in [0.29, 0.717) is 12.5 Å². The fourth-order valence-electron chi connectivity index (χ4n) is 6.40. The van der Waals surface area contributed by atoms with Crippen LogP contribution in [0.15, 0.2) is 84.9 Å². The molecule has 4 aromatic rings. The molecule has 1 aliphatic heterocycles. The molecular weight excluding hydrogens is 458 g/mol. The maximum Gasteiger partial charge on any atom is 0.318 e. The number of pyridine rings is 1. The van der Waals surface area contributed by atoms with E-state index in [1.807, 2.05) is 48.5 Å². The summed E-state index contributed by atoms with van der Waals surface area (Å²) in [7, 11) is 0. The lowest BCUT2D eigenvalue weighted by Crippen LogP contribution is -2.52. The summed E-state index contributed by atoms with van der Waals surface area (Å²) >= 11 is 0. The molecule has 1 aromatic heterocycles. The van der Waals surface area contributed by atoms with Crippen LogP contribution in [0, 0.1) is 0 Å². The summed E-state index contributed by atoms with van der Waals surface area (Å²) in [5, 5.41) is 11.7. The zero-order chi connectivity index (χ0) is 25.4. The molecule has 5 heteroatoms. The van der Waals surface area contributed by atoms with E-state index in [2.05, 4.69) is 53.1 Å². The van der Waals surface area contributed by atoms with Crippen LogP contribution in [-0.2, 0) is 10.2 Å². The molecule has 1 atom stereocenters. The van der Waals surface area contributed by atoms with E-state index in [1.165, 1.54) is 5.39 Å². The van der Waals surface area contributed by atoms with Crippen molar-refractivity contribution in [1.82, 2.24) is 9.88 Å². The standard InChI is InChI=1S/C32H33N3O2/c1-23-22-35(30-17-16-24-10-2-7-15-29(24)33-30)21-20-34(23)19-9-8-18-32(31(36)37)27-13-5-3-11-25(27)26-12-4-6-14-28(26)32/h2-7,10-17,23H,8-9,18-22H2,1H3,(H,36,37)/t23-/m0/s1. The zero-order valence-electron chi connectivity index (χ0n) is 21.3. The van der Waals surface area contributed by atoms with Gasteiger partial charge in [0.2, 0.25) is 0 Å². The van der Waals surface area contributed by atoms with Crippen molar-refractivity contribution in [3.63, 3.8) is 0 Å². The first-order valence-corrected chi connectivity index (χ1v) is 13.4. The zero-order valence-corrected chi connectivity index (χ0v) is 21.3. The number of aliphatic carboxylic acids is 1. The molecule has 1 aliphatic carbocycles. The van der Waals surface area contributed by atoms with E-state index in [9.17, 15) is 9.90 Å². The Labute approximate surface area is 218 Å². The number of piperazine rings is 1. The number of carbonyl (C=O) groups is 1. The number of carboxylic acid groups (broad SMARTS) is 1. The van der Waals surface area contributed by atoms with Gasteiger partial charge in [0.1, 0.15) is 11.2 Å². The van der Waals surface area contributed by atoms with Crippen molar-refractivity contribution >= 4 is 22.7 Å². The van der Waals surface area contributed by atoms with E-state index < -0.39 is 11.4 Å². The normalized spacial score (nSPS) is 18.5. The molecule has 2 aliphatic rings. The van der Waals surface area contributed by atoms with Gasteiger partial charge in [0.15, 0.2) is 0 Å². The topological polar surface area (TPSA) is 56.7 Å². The highest BCUT2D eigenvalue weighted by Crippen LogP contribution is 2.51. The van der Waals surface area contributed by atoms with Gasteiger partial charge in [-0.3, -0.25) is 9.69 Å². The number of hydrogen-bond donors (Lipinski definition) is 1. The van der Waals surface area contributed by atoms with Crippen LogP contribution < -0.4 is 4.90 Å². The van der Waals surface area contributed by atoms with Gasteiger partial charge in [0, 0.05) is 31.1 Å². The molecule has 0 bridgehead atoms. The van der Waals surface area contributed by atoms with Crippen LogP contribution in [0.1, 0.15) is 37.3 Å². The molecule has 0 saturated carbocycles. The monoisotopic (exact) mass is 491 g/mol. The van der Waals surface area contributed by atoms with Crippen LogP contribution in [0.25, 0.3) is 22.0 Å². The highest BCUT2D eigenvalue weighted by Gasteiger charge is 2.48. The first kappa shape index (κ1) is 23.7. The third kappa shape index (κ3) is 4.08. The molecule has 188 valence electrons. The Balaban J connectivity index is 1.10. The SMILES string of the molecule is C[C@H]1CN(c2ccc3ccccc3n2)CCN1CCCCC1(C(=O)O)c2ccccc2-c2ccccc21. The number of rotatable bonds is 7. The lowest BCUT2D eigenvalue weighted by atomic mass is 9.74. The summed E-state index contributed by atoms with van der Waals surface area (Å²) in [6, 6.07) is 29.0. The summed E-state index contributed by atoms with van der Waals surface area (Å²) in [4.78, 5) is 22.6. The van der Waals surface area contributed by atoms with Gasteiger partial charge in [-0.25, -0.2) is 4.98 Å². The Morgan fingerprint density at radius 3 is 2.27 bits per heavy atom. The predicted octanol–water partition coefficient (Wildman–Crippen LogP) is 5.97. The molecule has 1 fully saturated rings. The lowest BCUT2D eigenvalue weighted by molar-refractivity contribution is -0.142. The quantitative estimate of drug-likeness (QED) is 0.323. The Morgan fingerprint density at radius 1 is 0.892 bits per heavy atom. The number of unbranched alkanes of at least 4 members (excludes halogenated alkanes) is 1. The van der Waals surface area contributed by atoms with Crippen LogP contribution in [0.3, 0.4) is 0 Å². The fraction of sp³-hybridized carbons (Fsp3) is 0.312. The van der Waals surface area contributed by atoms with Crippen LogP contribution in [0.2, 0.25) is 0 Å². The smallest absolute Gasteiger partial charge is 0.318 e. The van der Waals surface area contributed by atoms with Crippen molar-refractivity contribution in [2.75, 3.05) is 31.1 Å². The maximum atomic E-state index is 12.8. The van der Waals surface area contributed by atoms with E-state index in [1.54, 1.807) is 0 Å².